The molecule has 162 valence electrons. The summed E-state index contributed by atoms with van der Waals surface area (Å²) in [6.07, 6.45) is 8.23. The number of nitrogens with zero attached hydrogens (tertiary/aromatic N) is 1. The van der Waals surface area contributed by atoms with Crippen molar-refractivity contribution in [3.63, 3.8) is 0 Å². The van der Waals surface area contributed by atoms with Gasteiger partial charge in [0, 0.05) is 12.0 Å². The summed E-state index contributed by atoms with van der Waals surface area (Å²) in [5.41, 5.74) is 0.511. The highest BCUT2D eigenvalue weighted by Gasteiger charge is 2.67. The average Bonchev–Trinajstić information content (AvgIpc) is 3.55. The molecule has 6 atom stereocenters. The van der Waals surface area contributed by atoms with E-state index in [1.54, 1.807) is 23.1 Å². The molecule has 5 nitrogen and oxygen atoms in total. The van der Waals surface area contributed by atoms with Gasteiger partial charge in [-0.3, -0.25) is 19.3 Å². The molecule has 1 aromatic carbocycles. The third-order valence-electron chi connectivity index (χ3n) is 8.34. The Bertz CT molecular complexity index is 980. The van der Waals surface area contributed by atoms with Gasteiger partial charge in [-0.25, -0.2) is 0 Å². The topological polar surface area (TPSA) is 66.5 Å². The second-order valence-electron chi connectivity index (χ2n) is 9.80. The van der Waals surface area contributed by atoms with Crippen LogP contribution >= 0.6 is 23.2 Å². The molecule has 7 heteroatoms. The van der Waals surface area contributed by atoms with E-state index in [2.05, 4.69) is 17.5 Å². The van der Waals surface area contributed by atoms with Crippen molar-refractivity contribution in [2.24, 2.45) is 41.4 Å². The first-order valence-corrected chi connectivity index (χ1v) is 12.0. The van der Waals surface area contributed by atoms with E-state index in [1.165, 1.54) is 6.42 Å². The van der Waals surface area contributed by atoms with Crippen molar-refractivity contribution in [2.75, 3.05) is 5.32 Å². The number of amides is 3. The summed E-state index contributed by atoms with van der Waals surface area (Å²) in [6.45, 7) is 0. The van der Waals surface area contributed by atoms with Gasteiger partial charge in [0.2, 0.25) is 17.7 Å². The van der Waals surface area contributed by atoms with Gasteiger partial charge >= 0.3 is 0 Å². The lowest BCUT2D eigenvalue weighted by Crippen LogP contribution is -2.44. The molecular weight excluding hydrogens is 435 g/mol. The lowest BCUT2D eigenvalue weighted by molar-refractivity contribution is -0.144. The Morgan fingerprint density at radius 3 is 2.16 bits per heavy atom. The number of carbonyl (C=O) groups is 3. The molecule has 31 heavy (non-hydrogen) atoms. The van der Waals surface area contributed by atoms with E-state index in [-0.39, 0.29) is 53.4 Å². The van der Waals surface area contributed by atoms with Crippen LogP contribution in [0.3, 0.4) is 0 Å². The highest BCUT2D eigenvalue weighted by atomic mass is 35.5. The van der Waals surface area contributed by atoms with Crippen molar-refractivity contribution in [3.8, 4) is 0 Å². The molecule has 1 aliphatic heterocycles. The minimum atomic E-state index is -0.160. The molecule has 4 fully saturated rings. The van der Waals surface area contributed by atoms with Crippen LogP contribution in [0.2, 0.25) is 10.0 Å². The summed E-state index contributed by atoms with van der Waals surface area (Å²) < 4.78 is 0. The van der Waals surface area contributed by atoms with Crippen molar-refractivity contribution in [2.45, 2.75) is 38.1 Å². The first-order chi connectivity index (χ1) is 15.0. The Labute approximate surface area is 191 Å². The van der Waals surface area contributed by atoms with Gasteiger partial charge < -0.3 is 5.32 Å². The Balaban J connectivity index is 1.12. The molecule has 3 saturated carbocycles. The van der Waals surface area contributed by atoms with Gasteiger partial charge in [0.15, 0.2) is 0 Å². The average molecular weight is 459 g/mol. The minimum absolute atomic E-state index is 0.0401. The fourth-order valence-electron chi connectivity index (χ4n) is 6.77. The number of likely N-dealkylation sites (tertiary alicyclic amines) is 1. The number of benzene rings is 1. The van der Waals surface area contributed by atoms with E-state index in [0.717, 1.165) is 0 Å². The van der Waals surface area contributed by atoms with Crippen molar-refractivity contribution >= 4 is 46.6 Å². The largest absolute Gasteiger partial charge is 0.324 e. The van der Waals surface area contributed by atoms with E-state index in [1.807, 2.05) is 0 Å². The van der Waals surface area contributed by atoms with Crippen LogP contribution in [0.4, 0.5) is 5.69 Å². The van der Waals surface area contributed by atoms with Crippen LogP contribution in [0.25, 0.3) is 0 Å². The molecule has 2 bridgehead atoms. The van der Waals surface area contributed by atoms with E-state index >= 15 is 0 Å². The third-order valence-corrected chi connectivity index (χ3v) is 9.16. The highest BCUT2D eigenvalue weighted by Crippen LogP contribution is 2.65. The van der Waals surface area contributed by atoms with Crippen LogP contribution in [0.1, 0.15) is 32.1 Å². The number of hydrogen-bond donors (Lipinski definition) is 1. The van der Waals surface area contributed by atoms with E-state index < -0.39 is 0 Å². The summed E-state index contributed by atoms with van der Waals surface area (Å²) in [7, 11) is 0. The van der Waals surface area contributed by atoms with Crippen LogP contribution in [0, 0.1) is 41.4 Å². The van der Waals surface area contributed by atoms with E-state index in [9.17, 15) is 14.4 Å². The number of nitrogens with one attached hydrogen (secondary N) is 1. The monoisotopic (exact) mass is 458 g/mol. The number of allylic oxidation sites excluding steroid dienone is 2. The second kappa shape index (κ2) is 7.08. The molecule has 3 amide bonds. The fourth-order valence-corrected chi connectivity index (χ4v) is 7.12. The lowest BCUT2D eigenvalue weighted by atomic mass is 9.63. The summed E-state index contributed by atoms with van der Waals surface area (Å²) in [6, 6.07) is 5.07. The van der Waals surface area contributed by atoms with Gasteiger partial charge in [0.05, 0.1) is 27.6 Å². The summed E-state index contributed by atoms with van der Waals surface area (Å²) in [4.78, 5) is 40.9. The van der Waals surface area contributed by atoms with Gasteiger partial charge in [0.25, 0.3) is 0 Å². The van der Waals surface area contributed by atoms with Crippen LogP contribution in [-0.4, -0.2) is 28.7 Å². The van der Waals surface area contributed by atoms with Crippen LogP contribution in [0.5, 0.6) is 0 Å². The molecule has 0 aromatic heterocycles. The van der Waals surface area contributed by atoms with Crippen molar-refractivity contribution in [3.05, 3.63) is 40.4 Å². The fraction of sp³-hybridized carbons (Fsp3) is 0.542. The minimum Gasteiger partial charge on any atom is -0.324 e. The number of imide groups is 1. The number of carbonyl (C=O) groups excluding carboxylic acids is 3. The molecule has 1 heterocycles. The van der Waals surface area contributed by atoms with Crippen LogP contribution < -0.4 is 5.32 Å². The molecule has 5 aliphatic carbocycles. The molecule has 1 N–H and O–H groups in total. The second-order valence-corrected chi connectivity index (χ2v) is 10.6. The highest BCUT2D eigenvalue weighted by molar-refractivity contribution is 6.44. The molecule has 0 spiro atoms. The molecule has 1 saturated heterocycles. The Morgan fingerprint density at radius 2 is 1.55 bits per heavy atom. The lowest BCUT2D eigenvalue weighted by Gasteiger charge is -2.37. The summed E-state index contributed by atoms with van der Waals surface area (Å²) in [5, 5.41) is 3.62. The summed E-state index contributed by atoms with van der Waals surface area (Å²) >= 11 is 12.2. The Morgan fingerprint density at radius 1 is 0.935 bits per heavy atom. The number of hydrogen-bond acceptors (Lipinski definition) is 3. The quantitative estimate of drug-likeness (QED) is 0.533. The van der Waals surface area contributed by atoms with Crippen molar-refractivity contribution in [1.29, 1.82) is 0 Å². The normalized spacial score (nSPS) is 40.0. The van der Waals surface area contributed by atoms with Gasteiger partial charge in [0.1, 0.15) is 0 Å². The smallest absolute Gasteiger partial charge is 0.233 e. The van der Waals surface area contributed by atoms with Gasteiger partial charge in [-0.2, -0.15) is 0 Å². The number of anilines is 1. The molecular formula is C24H24Cl2N2O3. The molecule has 7 rings (SSSR count). The first-order valence-electron chi connectivity index (χ1n) is 11.3. The maximum Gasteiger partial charge on any atom is 0.233 e. The standard InChI is InChI=1S/C24H24Cl2N2O3/c25-17-2-1-3-18(21(17)26)27-22(29)11-4-6-12(7-5-11)28-23(30)19-13-8-9-14(16-10-15(13)16)20(19)24(28)31/h1-3,8-9,11-16,19-20H,4-7,10H2,(H,27,29)/t11?,12?,13-,14-,15-,16-,19+,20+/m0/s1. The molecule has 0 radical (unpaired) electrons. The van der Waals surface area contributed by atoms with E-state index in [0.29, 0.717) is 53.3 Å². The summed E-state index contributed by atoms with van der Waals surface area (Å²) in [5.74, 6) is 1.30. The molecule has 0 unspecified atom stereocenters. The molecule has 1 aromatic rings. The van der Waals surface area contributed by atoms with Gasteiger partial charge in [-0.1, -0.05) is 41.4 Å². The number of halogens is 2. The van der Waals surface area contributed by atoms with Crippen LogP contribution in [-0.2, 0) is 14.4 Å². The Kier molecular flexibility index (Phi) is 4.52. The third kappa shape index (κ3) is 2.92. The zero-order valence-electron chi connectivity index (χ0n) is 17.0. The van der Waals surface area contributed by atoms with E-state index in [4.69, 9.17) is 23.2 Å². The van der Waals surface area contributed by atoms with Crippen molar-refractivity contribution in [1.82, 2.24) is 4.90 Å². The van der Waals surface area contributed by atoms with Crippen LogP contribution in [0.15, 0.2) is 30.4 Å². The zero-order valence-corrected chi connectivity index (χ0v) is 18.5. The molecule has 6 aliphatic rings. The zero-order chi connectivity index (χ0) is 21.4. The predicted octanol–water partition coefficient (Wildman–Crippen LogP) is 4.54. The Hall–Kier alpha value is -1.85. The van der Waals surface area contributed by atoms with Gasteiger partial charge in [-0.15, -0.1) is 0 Å². The first kappa shape index (κ1) is 19.8. The maximum absolute atomic E-state index is 13.3. The maximum atomic E-state index is 13.3. The number of rotatable bonds is 3. The predicted molar refractivity (Wildman–Crippen MR) is 117 cm³/mol. The van der Waals surface area contributed by atoms with Gasteiger partial charge in [-0.05, 0) is 67.9 Å². The SMILES string of the molecule is O=C(Nc1cccc(Cl)c1Cl)C1CCC(N2C(=O)[C@@H]3[C@H]4C=C[C@@H]([C@@H]5C[C@@H]45)[C@H]3C2=O)CC1. The van der Waals surface area contributed by atoms with Crippen molar-refractivity contribution < 1.29 is 14.4 Å².